The van der Waals surface area contributed by atoms with Gasteiger partial charge in [-0.2, -0.15) is 0 Å². The topological polar surface area (TPSA) is 92.5 Å². The van der Waals surface area contributed by atoms with E-state index in [0.29, 0.717) is 13.0 Å². The van der Waals surface area contributed by atoms with Gasteiger partial charge in [0.15, 0.2) is 9.84 Å². The molecule has 0 saturated carbocycles. The van der Waals surface area contributed by atoms with Crippen molar-refractivity contribution < 1.29 is 13.2 Å². The van der Waals surface area contributed by atoms with Gasteiger partial charge in [0.1, 0.15) is 0 Å². The van der Waals surface area contributed by atoms with E-state index in [1.165, 1.54) is 0 Å². The molecule has 2 rings (SSSR count). The number of nitrogens with zero attached hydrogens (tertiary/aromatic N) is 1. The van der Waals surface area contributed by atoms with Gasteiger partial charge in [-0.15, -0.1) is 0 Å². The van der Waals surface area contributed by atoms with Crippen molar-refractivity contribution in [2.45, 2.75) is 37.8 Å². The number of carbonyl (C=O) groups is 1. The van der Waals surface area contributed by atoms with E-state index in [4.69, 9.17) is 5.73 Å². The van der Waals surface area contributed by atoms with E-state index >= 15 is 0 Å². The lowest BCUT2D eigenvalue weighted by atomic mass is 10.0. The average molecular weight is 289 g/mol. The van der Waals surface area contributed by atoms with Crippen LogP contribution in [0.3, 0.4) is 0 Å². The maximum atomic E-state index is 12.0. The van der Waals surface area contributed by atoms with Gasteiger partial charge in [0.2, 0.25) is 5.91 Å². The number of nitrogens with two attached hydrogens (primary N) is 1. The number of rotatable bonds is 3. The van der Waals surface area contributed by atoms with Crippen LogP contribution in [0.15, 0.2) is 0 Å². The zero-order valence-electron chi connectivity index (χ0n) is 11.4. The van der Waals surface area contributed by atoms with E-state index in [2.05, 4.69) is 10.2 Å². The van der Waals surface area contributed by atoms with Crippen molar-refractivity contribution in [3.05, 3.63) is 0 Å². The van der Waals surface area contributed by atoms with Crippen molar-refractivity contribution in [1.29, 1.82) is 0 Å². The third kappa shape index (κ3) is 4.15. The highest BCUT2D eigenvalue weighted by atomic mass is 32.2. The van der Waals surface area contributed by atoms with Gasteiger partial charge in [-0.05, 0) is 26.2 Å². The van der Waals surface area contributed by atoms with Gasteiger partial charge < -0.3 is 11.1 Å². The Labute approximate surface area is 114 Å². The smallest absolute Gasteiger partial charge is 0.234 e. The van der Waals surface area contributed by atoms with E-state index in [1.807, 2.05) is 6.92 Å². The van der Waals surface area contributed by atoms with Gasteiger partial charge >= 0.3 is 0 Å². The molecule has 0 spiro atoms. The fraction of sp³-hybridized carbons (Fsp3) is 0.917. The molecule has 2 fully saturated rings. The first-order valence-corrected chi connectivity index (χ1v) is 8.60. The first-order chi connectivity index (χ1) is 8.78. The van der Waals surface area contributed by atoms with Crippen LogP contribution < -0.4 is 11.1 Å². The van der Waals surface area contributed by atoms with Crippen LogP contribution in [-0.4, -0.2) is 61.9 Å². The van der Waals surface area contributed by atoms with Crippen LogP contribution in [0.4, 0.5) is 0 Å². The predicted molar refractivity (Wildman–Crippen MR) is 73.5 cm³/mol. The molecule has 110 valence electrons. The van der Waals surface area contributed by atoms with Crippen molar-refractivity contribution in [3.8, 4) is 0 Å². The summed E-state index contributed by atoms with van der Waals surface area (Å²) >= 11 is 0. The van der Waals surface area contributed by atoms with E-state index < -0.39 is 15.4 Å². The fourth-order valence-electron chi connectivity index (χ4n) is 2.80. The summed E-state index contributed by atoms with van der Waals surface area (Å²) in [4.78, 5) is 14.1. The van der Waals surface area contributed by atoms with Crippen molar-refractivity contribution >= 4 is 15.7 Å². The molecule has 2 saturated heterocycles. The zero-order chi connectivity index (χ0) is 14.1. The largest absolute Gasteiger partial charge is 0.349 e. The maximum Gasteiger partial charge on any atom is 0.234 e. The average Bonchev–Trinajstić information content (AvgIpc) is 2.56. The van der Waals surface area contributed by atoms with Crippen LogP contribution in [0.1, 0.15) is 26.2 Å². The minimum absolute atomic E-state index is 0.0522. The Morgan fingerprint density at radius 2 is 2.05 bits per heavy atom. The first kappa shape index (κ1) is 14.7. The molecule has 0 bridgehead atoms. The van der Waals surface area contributed by atoms with Crippen LogP contribution in [0.2, 0.25) is 0 Å². The number of amides is 1. The number of likely N-dealkylation sites (tertiary alicyclic amines) is 1. The summed E-state index contributed by atoms with van der Waals surface area (Å²) in [5.74, 6) is 0.133. The van der Waals surface area contributed by atoms with Gasteiger partial charge in [0.05, 0.1) is 23.6 Å². The van der Waals surface area contributed by atoms with Gasteiger partial charge in [-0.25, -0.2) is 8.42 Å². The molecule has 1 atom stereocenters. The molecule has 2 aliphatic rings. The third-order valence-electron chi connectivity index (χ3n) is 3.94. The molecule has 7 heteroatoms. The Morgan fingerprint density at radius 1 is 1.42 bits per heavy atom. The Kier molecular flexibility index (Phi) is 4.17. The highest BCUT2D eigenvalue weighted by Crippen LogP contribution is 2.22. The standard InChI is InChI=1S/C12H23N3O3S/c1-12(4-7-19(17,18)9-12)14-11(16)8-15-5-2-10(13)3-6-15/h10H,2-9,13H2,1H3,(H,14,16). The number of sulfone groups is 1. The lowest BCUT2D eigenvalue weighted by Crippen LogP contribution is -2.51. The quantitative estimate of drug-likeness (QED) is 0.702. The Hall–Kier alpha value is -0.660. The molecule has 1 unspecified atom stereocenters. The lowest BCUT2D eigenvalue weighted by molar-refractivity contribution is -0.124. The van der Waals surface area contributed by atoms with Gasteiger partial charge in [-0.3, -0.25) is 9.69 Å². The molecule has 0 aromatic heterocycles. The number of carbonyl (C=O) groups excluding carboxylic acids is 1. The number of hydrogen-bond acceptors (Lipinski definition) is 5. The monoisotopic (exact) mass is 289 g/mol. The molecule has 6 nitrogen and oxygen atoms in total. The summed E-state index contributed by atoms with van der Waals surface area (Å²) in [6.45, 7) is 3.82. The molecular formula is C12H23N3O3S. The summed E-state index contributed by atoms with van der Waals surface area (Å²) in [7, 11) is -2.98. The lowest BCUT2D eigenvalue weighted by Gasteiger charge is -2.31. The second-order valence-electron chi connectivity index (χ2n) is 6.06. The van der Waals surface area contributed by atoms with Crippen molar-refractivity contribution in [2.24, 2.45) is 5.73 Å². The highest BCUT2D eigenvalue weighted by molar-refractivity contribution is 7.91. The van der Waals surface area contributed by atoms with Crippen LogP contribution in [0.5, 0.6) is 0 Å². The SMILES string of the molecule is CC1(NC(=O)CN2CCC(N)CC2)CCS(=O)(=O)C1. The Balaban J connectivity index is 1.82. The highest BCUT2D eigenvalue weighted by Gasteiger charge is 2.39. The first-order valence-electron chi connectivity index (χ1n) is 6.77. The Morgan fingerprint density at radius 3 is 2.58 bits per heavy atom. The molecule has 0 aromatic carbocycles. The van der Waals surface area contributed by atoms with E-state index in [0.717, 1.165) is 25.9 Å². The van der Waals surface area contributed by atoms with Crippen LogP contribution in [-0.2, 0) is 14.6 Å². The summed E-state index contributed by atoms with van der Waals surface area (Å²) in [6.07, 6.45) is 2.34. The molecule has 2 aliphatic heterocycles. The van der Waals surface area contributed by atoms with Gasteiger partial charge in [-0.1, -0.05) is 0 Å². The number of nitrogens with one attached hydrogen (secondary N) is 1. The van der Waals surface area contributed by atoms with E-state index in [1.54, 1.807) is 0 Å². The molecular weight excluding hydrogens is 266 g/mol. The predicted octanol–water partition coefficient (Wildman–Crippen LogP) is -0.897. The van der Waals surface area contributed by atoms with Gasteiger partial charge in [0, 0.05) is 19.1 Å². The minimum atomic E-state index is -2.98. The normalized spacial score (nSPS) is 32.3. The second-order valence-corrected chi connectivity index (χ2v) is 8.25. The zero-order valence-corrected chi connectivity index (χ0v) is 12.2. The van der Waals surface area contributed by atoms with Crippen LogP contribution in [0, 0.1) is 0 Å². The van der Waals surface area contributed by atoms with Crippen molar-refractivity contribution in [1.82, 2.24) is 10.2 Å². The number of piperidine rings is 1. The third-order valence-corrected chi connectivity index (χ3v) is 5.85. The van der Waals surface area contributed by atoms with Crippen molar-refractivity contribution in [2.75, 3.05) is 31.1 Å². The molecule has 0 aliphatic carbocycles. The van der Waals surface area contributed by atoms with E-state index in [-0.39, 0.29) is 23.5 Å². The summed E-state index contributed by atoms with van der Waals surface area (Å²) in [5, 5.41) is 2.88. The van der Waals surface area contributed by atoms with Crippen LogP contribution in [0.25, 0.3) is 0 Å². The molecule has 19 heavy (non-hydrogen) atoms. The molecule has 0 radical (unpaired) electrons. The second kappa shape index (κ2) is 5.38. The molecule has 1 amide bonds. The minimum Gasteiger partial charge on any atom is -0.349 e. The summed E-state index contributed by atoms with van der Waals surface area (Å²) < 4.78 is 23.0. The molecule has 3 N–H and O–H groups in total. The Bertz CT molecular complexity index is 443. The maximum absolute atomic E-state index is 12.0. The van der Waals surface area contributed by atoms with E-state index in [9.17, 15) is 13.2 Å². The summed E-state index contributed by atoms with van der Waals surface area (Å²) in [6, 6.07) is 0.247. The molecule has 0 aromatic rings. The van der Waals surface area contributed by atoms with Crippen LogP contribution >= 0.6 is 0 Å². The number of hydrogen-bond donors (Lipinski definition) is 2. The van der Waals surface area contributed by atoms with Crippen molar-refractivity contribution in [3.63, 3.8) is 0 Å². The van der Waals surface area contributed by atoms with Gasteiger partial charge in [0.25, 0.3) is 0 Å². The fourth-order valence-corrected chi connectivity index (χ4v) is 4.89. The molecule has 2 heterocycles. The summed E-state index contributed by atoms with van der Waals surface area (Å²) in [5.41, 5.74) is 5.22.